The van der Waals surface area contributed by atoms with Gasteiger partial charge in [-0.25, -0.2) is 4.68 Å². The van der Waals surface area contributed by atoms with Gasteiger partial charge in [0, 0.05) is 29.6 Å². The fourth-order valence-corrected chi connectivity index (χ4v) is 4.15. The molecule has 0 bridgehead atoms. The van der Waals surface area contributed by atoms with Gasteiger partial charge in [-0.2, -0.15) is 0 Å². The number of aromatic amines is 1. The van der Waals surface area contributed by atoms with Gasteiger partial charge in [0.05, 0.1) is 25.8 Å². The number of aromatic nitrogens is 5. The van der Waals surface area contributed by atoms with Gasteiger partial charge in [-0.05, 0) is 54.5 Å². The number of tetrazole rings is 1. The molecule has 0 unspecified atom stereocenters. The Labute approximate surface area is 174 Å². The monoisotopic (exact) mass is 412 g/mol. The van der Waals surface area contributed by atoms with E-state index in [0.29, 0.717) is 37.8 Å². The maximum atomic E-state index is 12.6. The van der Waals surface area contributed by atoms with E-state index in [1.54, 1.807) is 0 Å². The van der Waals surface area contributed by atoms with Gasteiger partial charge in [-0.1, -0.05) is 12.8 Å². The van der Waals surface area contributed by atoms with Crippen molar-refractivity contribution in [1.29, 1.82) is 0 Å². The van der Waals surface area contributed by atoms with E-state index < -0.39 is 0 Å². The molecule has 0 amide bonds. The van der Waals surface area contributed by atoms with Crippen molar-refractivity contribution >= 4 is 10.9 Å². The summed E-state index contributed by atoms with van der Waals surface area (Å²) in [5.41, 5.74) is 1.26. The summed E-state index contributed by atoms with van der Waals surface area (Å²) in [6, 6.07) is 7.86. The van der Waals surface area contributed by atoms with Crippen molar-refractivity contribution in [3.05, 3.63) is 46.0 Å². The lowest BCUT2D eigenvalue weighted by molar-refractivity contribution is 0.177. The summed E-state index contributed by atoms with van der Waals surface area (Å²) >= 11 is 0. The van der Waals surface area contributed by atoms with Crippen LogP contribution in [0.3, 0.4) is 0 Å². The van der Waals surface area contributed by atoms with Crippen LogP contribution in [0.25, 0.3) is 10.9 Å². The van der Waals surface area contributed by atoms with Crippen LogP contribution >= 0.6 is 0 Å². The van der Waals surface area contributed by atoms with Crippen LogP contribution in [-0.4, -0.2) is 55.0 Å². The van der Waals surface area contributed by atoms with Crippen molar-refractivity contribution < 1.29 is 9.84 Å². The summed E-state index contributed by atoms with van der Waals surface area (Å²) in [5.74, 6) is 1.54. The number of nitrogens with zero attached hydrogens (tertiary/aromatic N) is 5. The molecule has 0 aliphatic heterocycles. The Morgan fingerprint density at radius 1 is 1.27 bits per heavy atom. The lowest BCUT2D eigenvalue weighted by atomic mass is 10.1. The topological polar surface area (TPSA) is 109 Å². The molecule has 1 saturated carbocycles. The van der Waals surface area contributed by atoms with E-state index in [1.165, 1.54) is 12.8 Å². The van der Waals surface area contributed by atoms with E-state index in [-0.39, 0.29) is 12.2 Å². The molecule has 0 saturated heterocycles. The van der Waals surface area contributed by atoms with Crippen molar-refractivity contribution in [3.8, 4) is 5.75 Å². The number of ether oxygens (including phenoxy) is 1. The SMILES string of the molecule is CCOc1ccc2[nH]c(=O)c(CN(CCO)Cc3nnnn3C3CCCC3)cc2c1. The molecular weight excluding hydrogens is 384 g/mol. The summed E-state index contributed by atoms with van der Waals surface area (Å²) in [5, 5.41) is 22.7. The van der Waals surface area contributed by atoms with Crippen molar-refractivity contribution in [3.63, 3.8) is 0 Å². The summed E-state index contributed by atoms with van der Waals surface area (Å²) in [4.78, 5) is 17.6. The first-order valence-corrected chi connectivity index (χ1v) is 10.6. The van der Waals surface area contributed by atoms with E-state index >= 15 is 0 Å². The van der Waals surface area contributed by atoms with Gasteiger partial charge in [0.25, 0.3) is 5.56 Å². The van der Waals surface area contributed by atoms with Gasteiger partial charge in [0.1, 0.15) is 5.75 Å². The van der Waals surface area contributed by atoms with Gasteiger partial charge >= 0.3 is 0 Å². The summed E-state index contributed by atoms with van der Waals surface area (Å²) in [6.45, 7) is 3.80. The lowest BCUT2D eigenvalue weighted by Crippen LogP contribution is -2.30. The third-order valence-electron chi connectivity index (χ3n) is 5.61. The van der Waals surface area contributed by atoms with E-state index in [2.05, 4.69) is 20.5 Å². The Bertz CT molecular complexity index is 1040. The van der Waals surface area contributed by atoms with Crippen LogP contribution in [0.4, 0.5) is 0 Å². The lowest BCUT2D eigenvalue weighted by Gasteiger charge is -2.21. The highest BCUT2D eigenvalue weighted by atomic mass is 16.5. The number of aliphatic hydroxyl groups excluding tert-OH is 1. The number of fused-ring (bicyclic) bond motifs is 1. The van der Waals surface area contributed by atoms with Gasteiger partial charge in [0.15, 0.2) is 5.82 Å². The highest BCUT2D eigenvalue weighted by Crippen LogP contribution is 2.29. The van der Waals surface area contributed by atoms with Crippen molar-refractivity contribution in [2.75, 3.05) is 19.8 Å². The first kappa shape index (κ1) is 20.5. The molecule has 9 nitrogen and oxygen atoms in total. The molecule has 0 radical (unpaired) electrons. The van der Waals surface area contributed by atoms with Crippen LogP contribution in [-0.2, 0) is 13.1 Å². The minimum absolute atomic E-state index is 0.00896. The molecule has 1 fully saturated rings. The number of benzene rings is 1. The fourth-order valence-electron chi connectivity index (χ4n) is 4.15. The molecule has 2 aromatic heterocycles. The summed E-state index contributed by atoms with van der Waals surface area (Å²) < 4.78 is 7.49. The molecule has 30 heavy (non-hydrogen) atoms. The van der Waals surface area contributed by atoms with Crippen LogP contribution in [0.1, 0.15) is 50.0 Å². The number of nitrogens with one attached hydrogen (secondary N) is 1. The van der Waals surface area contributed by atoms with Crippen molar-refractivity contribution in [2.45, 2.75) is 51.7 Å². The number of hydrogen-bond acceptors (Lipinski definition) is 7. The molecule has 0 atom stereocenters. The second-order valence-corrected chi connectivity index (χ2v) is 7.72. The predicted molar refractivity (Wildman–Crippen MR) is 112 cm³/mol. The van der Waals surface area contributed by atoms with Crippen molar-refractivity contribution in [1.82, 2.24) is 30.1 Å². The van der Waals surface area contributed by atoms with Gasteiger partial charge < -0.3 is 14.8 Å². The number of pyridine rings is 1. The molecule has 0 spiro atoms. The Balaban J connectivity index is 1.57. The molecular formula is C21H28N6O3. The zero-order valence-electron chi connectivity index (χ0n) is 17.3. The number of aliphatic hydroxyl groups is 1. The number of hydrogen-bond donors (Lipinski definition) is 2. The quantitative estimate of drug-likeness (QED) is 0.553. The Morgan fingerprint density at radius 2 is 2.10 bits per heavy atom. The van der Waals surface area contributed by atoms with E-state index in [1.807, 2.05) is 40.8 Å². The molecule has 3 aromatic rings. The highest BCUT2D eigenvalue weighted by Gasteiger charge is 2.23. The second kappa shape index (κ2) is 9.36. The molecule has 160 valence electrons. The Kier molecular flexibility index (Phi) is 6.39. The average molecular weight is 412 g/mol. The van der Waals surface area contributed by atoms with Crippen LogP contribution in [0.15, 0.2) is 29.1 Å². The Hall–Kier alpha value is -2.78. The summed E-state index contributed by atoms with van der Waals surface area (Å²) in [6.07, 6.45) is 4.57. The molecule has 1 aliphatic rings. The van der Waals surface area contributed by atoms with Crippen LogP contribution < -0.4 is 10.3 Å². The third kappa shape index (κ3) is 4.52. The van der Waals surface area contributed by atoms with E-state index in [9.17, 15) is 9.90 Å². The molecule has 9 heteroatoms. The molecule has 1 aromatic carbocycles. The van der Waals surface area contributed by atoms with Gasteiger partial charge in [-0.15, -0.1) is 5.10 Å². The predicted octanol–water partition coefficient (Wildman–Crippen LogP) is 2.02. The first-order chi connectivity index (χ1) is 14.7. The van der Waals surface area contributed by atoms with Crippen LogP contribution in [0.5, 0.6) is 5.75 Å². The van der Waals surface area contributed by atoms with E-state index in [0.717, 1.165) is 35.3 Å². The maximum Gasteiger partial charge on any atom is 0.252 e. The highest BCUT2D eigenvalue weighted by molar-refractivity contribution is 5.80. The molecule has 4 rings (SSSR count). The zero-order chi connectivity index (χ0) is 20.9. The largest absolute Gasteiger partial charge is 0.494 e. The molecule has 2 heterocycles. The first-order valence-electron chi connectivity index (χ1n) is 10.6. The minimum Gasteiger partial charge on any atom is -0.494 e. The van der Waals surface area contributed by atoms with Crippen LogP contribution in [0, 0.1) is 0 Å². The smallest absolute Gasteiger partial charge is 0.252 e. The Morgan fingerprint density at radius 3 is 2.87 bits per heavy atom. The standard InChI is InChI=1S/C21H28N6O3/c1-2-30-18-7-8-19-15(12-18)11-16(21(29)22-19)13-26(9-10-28)14-20-23-24-25-27(20)17-5-3-4-6-17/h7-8,11-12,17,28H,2-6,9-10,13-14H2,1H3,(H,22,29). The van der Waals surface area contributed by atoms with Gasteiger partial charge in [-0.3, -0.25) is 9.69 Å². The van der Waals surface area contributed by atoms with E-state index in [4.69, 9.17) is 4.74 Å². The third-order valence-corrected chi connectivity index (χ3v) is 5.61. The van der Waals surface area contributed by atoms with Crippen molar-refractivity contribution in [2.24, 2.45) is 0 Å². The number of H-pyrrole nitrogens is 1. The summed E-state index contributed by atoms with van der Waals surface area (Å²) in [7, 11) is 0. The normalized spacial score (nSPS) is 14.8. The zero-order valence-corrected chi connectivity index (χ0v) is 17.3. The fraction of sp³-hybridized carbons (Fsp3) is 0.524. The molecule has 1 aliphatic carbocycles. The molecule has 2 N–H and O–H groups in total. The number of rotatable bonds is 9. The van der Waals surface area contributed by atoms with Crippen LogP contribution in [0.2, 0.25) is 0 Å². The second-order valence-electron chi connectivity index (χ2n) is 7.72. The maximum absolute atomic E-state index is 12.6. The van der Waals surface area contributed by atoms with Gasteiger partial charge in [0.2, 0.25) is 0 Å². The average Bonchev–Trinajstić information content (AvgIpc) is 3.41. The minimum atomic E-state index is -0.134.